The maximum Gasteiger partial charge on any atom is 0.270 e. The predicted octanol–water partition coefficient (Wildman–Crippen LogP) is 2.09. The summed E-state index contributed by atoms with van der Waals surface area (Å²) in [6.45, 7) is 0.361. The first-order valence-electron chi connectivity index (χ1n) is 5.28. The molecule has 2 rings (SSSR count). The van der Waals surface area contributed by atoms with Gasteiger partial charge in [-0.15, -0.1) is 0 Å². The van der Waals surface area contributed by atoms with Gasteiger partial charge in [-0.2, -0.15) is 5.10 Å². The van der Waals surface area contributed by atoms with Crippen LogP contribution in [0.3, 0.4) is 0 Å². The number of carbonyl (C=O) groups excluding carboxylic acids is 1. The minimum Gasteiger partial charge on any atom is -0.347 e. The third kappa shape index (κ3) is 2.87. The highest BCUT2D eigenvalue weighted by Crippen LogP contribution is 2.10. The Labute approximate surface area is 117 Å². The minimum absolute atomic E-state index is 0.191. The molecule has 4 nitrogen and oxygen atoms in total. The lowest BCUT2D eigenvalue weighted by Gasteiger charge is -2.06. The van der Waals surface area contributed by atoms with Gasteiger partial charge in [0.1, 0.15) is 11.5 Å². The Morgan fingerprint density at radius 1 is 1.44 bits per heavy atom. The molecule has 0 spiro atoms. The molecule has 0 atom stereocenters. The first-order valence-corrected chi connectivity index (χ1v) is 6.36. The summed E-state index contributed by atoms with van der Waals surface area (Å²) in [5, 5.41) is 6.78. The number of carbonyl (C=O) groups is 1. The molecule has 2 aromatic rings. The fourth-order valence-electron chi connectivity index (χ4n) is 1.53. The Hall–Kier alpha value is -1.44. The Balaban J connectivity index is 2.03. The van der Waals surface area contributed by atoms with Gasteiger partial charge in [-0.1, -0.05) is 12.1 Å². The van der Waals surface area contributed by atoms with Crippen molar-refractivity contribution in [3.05, 3.63) is 51.1 Å². The van der Waals surface area contributed by atoms with Crippen LogP contribution in [0.2, 0.25) is 0 Å². The second-order valence-electron chi connectivity index (χ2n) is 3.77. The van der Waals surface area contributed by atoms with Crippen molar-refractivity contribution < 1.29 is 9.18 Å². The van der Waals surface area contributed by atoms with Crippen molar-refractivity contribution in [2.24, 2.45) is 7.05 Å². The van der Waals surface area contributed by atoms with E-state index >= 15 is 0 Å². The number of benzene rings is 1. The molecule has 0 aliphatic rings. The highest BCUT2D eigenvalue weighted by molar-refractivity contribution is 14.1. The summed E-state index contributed by atoms with van der Waals surface area (Å²) in [5.74, 6) is -0.477. The summed E-state index contributed by atoms with van der Waals surface area (Å²) in [6.07, 6.45) is 1.63. The van der Waals surface area contributed by atoms with Gasteiger partial charge in [0.05, 0.1) is 9.77 Å². The average molecular weight is 359 g/mol. The van der Waals surface area contributed by atoms with Gasteiger partial charge in [0.2, 0.25) is 0 Å². The smallest absolute Gasteiger partial charge is 0.270 e. The van der Waals surface area contributed by atoms with Crippen LogP contribution in [0.25, 0.3) is 0 Å². The largest absolute Gasteiger partial charge is 0.347 e. The molecule has 0 bridgehead atoms. The number of aryl methyl sites for hydroxylation is 1. The molecule has 1 amide bonds. The highest BCUT2D eigenvalue weighted by atomic mass is 127. The van der Waals surface area contributed by atoms with E-state index in [1.165, 1.54) is 16.8 Å². The van der Waals surface area contributed by atoms with Gasteiger partial charge in [-0.25, -0.2) is 4.39 Å². The standard InChI is InChI=1S/C12H11FIN3O/c1-17-11(10(14)7-16-17)12(18)15-6-8-2-4-9(13)5-3-8/h2-5,7H,6H2,1H3,(H,15,18). The molecule has 1 N–H and O–H groups in total. The monoisotopic (exact) mass is 359 g/mol. The zero-order valence-corrected chi connectivity index (χ0v) is 11.8. The minimum atomic E-state index is -0.286. The van der Waals surface area contributed by atoms with E-state index in [-0.39, 0.29) is 11.7 Å². The number of hydrogen-bond donors (Lipinski definition) is 1. The van der Waals surface area contributed by atoms with Crippen LogP contribution in [0.4, 0.5) is 4.39 Å². The lowest BCUT2D eigenvalue weighted by molar-refractivity contribution is 0.0940. The summed E-state index contributed by atoms with van der Waals surface area (Å²) >= 11 is 2.06. The lowest BCUT2D eigenvalue weighted by Crippen LogP contribution is -2.25. The third-order valence-corrected chi connectivity index (χ3v) is 3.26. The molecule has 1 aromatic heterocycles. The topological polar surface area (TPSA) is 46.9 Å². The molecular weight excluding hydrogens is 348 g/mol. The zero-order valence-electron chi connectivity index (χ0n) is 9.65. The Kier molecular flexibility index (Phi) is 3.95. The van der Waals surface area contributed by atoms with Crippen molar-refractivity contribution in [1.29, 1.82) is 0 Å². The van der Waals surface area contributed by atoms with E-state index in [1.54, 1.807) is 25.4 Å². The predicted molar refractivity (Wildman–Crippen MR) is 73.5 cm³/mol. The van der Waals surface area contributed by atoms with E-state index in [0.717, 1.165) is 9.13 Å². The van der Waals surface area contributed by atoms with E-state index in [0.29, 0.717) is 12.2 Å². The number of hydrogen-bond acceptors (Lipinski definition) is 2. The second kappa shape index (κ2) is 5.47. The van der Waals surface area contributed by atoms with Gasteiger partial charge in [0, 0.05) is 13.6 Å². The fraction of sp³-hybridized carbons (Fsp3) is 0.167. The average Bonchev–Trinajstić information content (AvgIpc) is 2.68. The second-order valence-corrected chi connectivity index (χ2v) is 4.94. The molecule has 0 saturated heterocycles. The summed E-state index contributed by atoms with van der Waals surface area (Å²) in [6, 6.07) is 6.03. The summed E-state index contributed by atoms with van der Waals surface area (Å²) < 4.78 is 15.0. The van der Waals surface area contributed by atoms with Gasteiger partial charge in [-0.05, 0) is 40.3 Å². The Bertz CT molecular complexity index is 546. The van der Waals surface area contributed by atoms with Gasteiger partial charge in [0.15, 0.2) is 0 Å². The van der Waals surface area contributed by atoms with E-state index in [9.17, 15) is 9.18 Å². The summed E-state index contributed by atoms with van der Waals surface area (Å²) in [4.78, 5) is 11.9. The van der Waals surface area contributed by atoms with Crippen molar-refractivity contribution >= 4 is 28.5 Å². The number of aromatic nitrogens is 2. The summed E-state index contributed by atoms with van der Waals surface area (Å²) in [5.41, 5.74) is 1.37. The fourth-order valence-corrected chi connectivity index (χ4v) is 2.25. The van der Waals surface area contributed by atoms with E-state index in [1.807, 2.05) is 0 Å². The molecule has 18 heavy (non-hydrogen) atoms. The van der Waals surface area contributed by atoms with Crippen molar-refractivity contribution in [2.45, 2.75) is 6.54 Å². The van der Waals surface area contributed by atoms with Crippen molar-refractivity contribution in [1.82, 2.24) is 15.1 Å². The first-order chi connectivity index (χ1) is 8.58. The quantitative estimate of drug-likeness (QED) is 0.854. The van der Waals surface area contributed by atoms with Gasteiger partial charge >= 0.3 is 0 Å². The van der Waals surface area contributed by atoms with Crippen LogP contribution in [-0.4, -0.2) is 15.7 Å². The molecule has 1 aromatic carbocycles. The highest BCUT2D eigenvalue weighted by Gasteiger charge is 2.14. The van der Waals surface area contributed by atoms with E-state index < -0.39 is 0 Å². The molecule has 0 unspecified atom stereocenters. The molecule has 0 aliphatic carbocycles. The van der Waals surface area contributed by atoms with Crippen LogP contribution in [0.1, 0.15) is 16.1 Å². The van der Waals surface area contributed by atoms with Crippen LogP contribution >= 0.6 is 22.6 Å². The van der Waals surface area contributed by atoms with Crippen molar-refractivity contribution in [3.8, 4) is 0 Å². The summed E-state index contributed by atoms with van der Waals surface area (Å²) in [7, 11) is 1.72. The van der Waals surface area contributed by atoms with Crippen LogP contribution in [0.5, 0.6) is 0 Å². The molecule has 0 saturated carbocycles. The van der Waals surface area contributed by atoms with E-state index in [2.05, 4.69) is 33.0 Å². The molecular formula is C12H11FIN3O. The number of nitrogens with one attached hydrogen (secondary N) is 1. The Morgan fingerprint density at radius 2 is 2.11 bits per heavy atom. The number of amides is 1. The first kappa shape index (κ1) is 13.0. The number of rotatable bonds is 3. The molecule has 6 heteroatoms. The van der Waals surface area contributed by atoms with Crippen LogP contribution < -0.4 is 5.32 Å². The normalized spacial score (nSPS) is 10.4. The van der Waals surface area contributed by atoms with Crippen LogP contribution in [0, 0.1) is 9.39 Å². The van der Waals surface area contributed by atoms with Crippen LogP contribution in [0.15, 0.2) is 30.5 Å². The Morgan fingerprint density at radius 3 is 2.67 bits per heavy atom. The molecule has 0 fully saturated rings. The van der Waals surface area contributed by atoms with Crippen molar-refractivity contribution in [3.63, 3.8) is 0 Å². The molecule has 1 heterocycles. The SMILES string of the molecule is Cn1ncc(I)c1C(=O)NCc1ccc(F)cc1. The van der Waals surface area contributed by atoms with Crippen LogP contribution in [-0.2, 0) is 13.6 Å². The number of nitrogens with zero attached hydrogens (tertiary/aromatic N) is 2. The molecule has 0 aliphatic heterocycles. The zero-order chi connectivity index (χ0) is 13.1. The lowest BCUT2D eigenvalue weighted by atomic mass is 10.2. The van der Waals surface area contributed by atoms with Gasteiger partial charge < -0.3 is 5.32 Å². The van der Waals surface area contributed by atoms with Crippen molar-refractivity contribution in [2.75, 3.05) is 0 Å². The van der Waals surface area contributed by atoms with E-state index in [4.69, 9.17) is 0 Å². The molecule has 0 radical (unpaired) electrons. The maximum absolute atomic E-state index is 12.7. The van der Waals surface area contributed by atoms with Gasteiger partial charge in [-0.3, -0.25) is 9.48 Å². The van der Waals surface area contributed by atoms with Gasteiger partial charge in [0.25, 0.3) is 5.91 Å². The number of halogens is 2. The maximum atomic E-state index is 12.7. The molecule has 94 valence electrons. The third-order valence-electron chi connectivity index (χ3n) is 2.48.